The molecule has 224 valence electrons. The maximum absolute atomic E-state index is 6.39. The first-order valence-electron chi connectivity index (χ1n) is 16.3. The topological polar surface area (TPSA) is 26.3 Å². The Morgan fingerprint density at radius 2 is 0.854 bits per heavy atom. The average molecular weight is 613 g/mol. The normalized spacial score (nSPS) is 11.8. The number of rotatable bonds is 4. The molecule has 0 aliphatic heterocycles. The van der Waals surface area contributed by atoms with Crippen molar-refractivity contribution in [2.24, 2.45) is 0 Å². The van der Waals surface area contributed by atoms with Gasteiger partial charge in [0, 0.05) is 27.3 Å². The second-order valence-electron chi connectivity index (χ2n) is 12.4. The van der Waals surface area contributed by atoms with Crippen LogP contribution >= 0.6 is 0 Å². The summed E-state index contributed by atoms with van der Waals surface area (Å²) in [5.74, 6) is 0. The van der Waals surface area contributed by atoms with E-state index in [1.165, 1.54) is 54.9 Å². The molecular formula is C46H28O2. The molecule has 2 aromatic heterocycles. The smallest absolute Gasteiger partial charge is 0.135 e. The van der Waals surface area contributed by atoms with Gasteiger partial charge < -0.3 is 8.83 Å². The van der Waals surface area contributed by atoms with Crippen molar-refractivity contribution in [2.45, 2.75) is 0 Å². The molecule has 2 heterocycles. The molecule has 0 saturated heterocycles. The van der Waals surface area contributed by atoms with Crippen LogP contribution in [0.5, 0.6) is 0 Å². The molecule has 0 aliphatic carbocycles. The van der Waals surface area contributed by atoms with Crippen molar-refractivity contribution in [3.63, 3.8) is 0 Å². The molecule has 0 N–H and O–H groups in total. The molecule has 0 fully saturated rings. The first kappa shape index (κ1) is 26.8. The number of furan rings is 2. The number of hydrogen-bond donors (Lipinski definition) is 0. The Bertz CT molecular complexity index is 2780. The lowest BCUT2D eigenvalue weighted by Gasteiger charge is -2.17. The standard InChI is InChI=1S/C46H28O2/c1-2-12-29(13-3-1)32-14-4-5-15-33(32)30-22-24-35-41(28-47-44(35)27-30)46-38-19-8-6-17-36(38)45(37-18-7-9-20-39(37)46)31-23-25-43-40(26-31)34-16-10-11-21-42(34)48-43/h1-28H. The summed E-state index contributed by atoms with van der Waals surface area (Å²) in [5.41, 5.74) is 12.1. The number of benzene rings is 8. The lowest BCUT2D eigenvalue weighted by Crippen LogP contribution is -1.90. The van der Waals surface area contributed by atoms with E-state index in [-0.39, 0.29) is 0 Å². The summed E-state index contributed by atoms with van der Waals surface area (Å²) >= 11 is 0. The summed E-state index contributed by atoms with van der Waals surface area (Å²) in [5, 5.41) is 8.18. The molecule has 0 atom stereocenters. The van der Waals surface area contributed by atoms with Crippen molar-refractivity contribution in [1.82, 2.24) is 0 Å². The lowest BCUT2D eigenvalue weighted by molar-refractivity contribution is 0.617. The van der Waals surface area contributed by atoms with Crippen LogP contribution in [-0.4, -0.2) is 0 Å². The predicted octanol–water partition coefficient (Wildman–Crippen LogP) is 13.3. The van der Waals surface area contributed by atoms with Gasteiger partial charge in [-0.1, -0.05) is 133 Å². The molecule has 2 heteroatoms. The molecule has 8 aromatic carbocycles. The largest absolute Gasteiger partial charge is 0.464 e. The van der Waals surface area contributed by atoms with Crippen molar-refractivity contribution in [1.29, 1.82) is 0 Å². The summed E-state index contributed by atoms with van der Waals surface area (Å²) in [6, 6.07) is 58.2. The second-order valence-corrected chi connectivity index (χ2v) is 12.4. The molecule has 10 rings (SSSR count). The predicted molar refractivity (Wildman–Crippen MR) is 200 cm³/mol. The van der Waals surface area contributed by atoms with E-state index in [9.17, 15) is 0 Å². The van der Waals surface area contributed by atoms with Crippen molar-refractivity contribution in [3.05, 3.63) is 170 Å². The van der Waals surface area contributed by atoms with Crippen LogP contribution in [0.15, 0.2) is 179 Å². The molecular weight excluding hydrogens is 585 g/mol. The van der Waals surface area contributed by atoms with Gasteiger partial charge in [-0.05, 0) is 85.3 Å². The molecule has 0 bridgehead atoms. The van der Waals surface area contributed by atoms with E-state index in [1.54, 1.807) is 0 Å². The van der Waals surface area contributed by atoms with Crippen molar-refractivity contribution in [3.8, 4) is 44.5 Å². The fourth-order valence-electron chi connectivity index (χ4n) is 7.60. The van der Waals surface area contributed by atoms with Gasteiger partial charge in [0.2, 0.25) is 0 Å². The fourth-order valence-corrected chi connectivity index (χ4v) is 7.60. The summed E-state index contributed by atoms with van der Waals surface area (Å²) in [4.78, 5) is 0. The Labute approximate surface area is 277 Å². The third kappa shape index (κ3) is 4.06. The zero-order chi connectivity index (χ0) is 31.6. The molecule has 0 spiro atoms. The average Bonchev–Trinajstić information content (AvgIpc) is 3.75. The summed E-state index contributed by atoms with van der Waals surface area (Å²) in [6.07, 6.45) is 1.94. The molecule has 0 aliphatic rings. The highest BCUT2D eigenvalue weighted by Crippen LogP contribution is 2.47. The summed E-state index contributed by atoms with van der Waals surface area (Å²) < 4.78 is 12.6. The van der Waals surface area contributed by atoms with E-state index < -0.39 is 0 Å². The van der Waals surface area contributed by atoms with Crippen molar-refractivity contribution in [2.75, 3.05) is 0 Å². The Morgan fingerprint density at radius 3 is 1.58 bits per heavy atom. The minimum atomic E-state index is 0.875. The van der Waals surface area contributed by atoms with Gasteiger partial charge in [-0.25, -0.2) is 0 Å². The van der Waals surface area contributed by atoms with Gasteiger partial charge in [0.25, 0.3) is 0 Å². The monoisotopic (exact) mass is 612 g/mol. The van der Waals surface area contributed by atoms with Crippen molar-refractivity contribution >= 4 is 54.5 Å². The second kappa shape index (κ2) is 10.6. The van der Waals surface area contributed by atoms with Crippen LogP contribution in [0.2, 0.25) is 0 Å². The van der Waals surface area contributed by atoms with Gasteiger partial charge in [-0.3, -0.25) is 0 Å². The van der Waals surface area contributed by atoms with E-state index >= 15 is 0 Å². The van der Waals surface area contributed by atoms with Crippen LogP contribution in [0.25, 0.3) is 99.0 Å². The maximum atomic E-state index is 6.39. The molecule has 0 saturated carbocycles. The van der Waals surface area contributed by atoms with Crippen LogP contribution in [0.4, 0.5) is 0 Å². The van der Waals surface area contributed by atoms with Gasteiger partial charge in [-0.15, -0.1) is 0 Å². The van der Waals surface area contributed by atoms with E-state index in [0.29, 0.717) is 0 Å². The minimum absolute atomic E-state index is 0.875. The molecule has 0 amide bonds. The highest BCUT2D eigenvalue weighted by Gasteiger charge is 2.20. The van der Waals surface area contributed by atoms with E-state index in [4.69, 9.17) is 8.83 Å². The molecule has 48 heavy (non-hydrogen) atoms. The summed E-state index contributed by atoms with van der Waals surface area (Å²) in [6.45, 7) is 0. The SMILES string of the molecule is c1ccc(-c2ccccc2-c2ccc3c(-c4c5ccccc5c(-c5ccc6oc7ccccc7c6c5)c5ccccc45)coc3c2)cc1. The number of hydrogen-bond acceptors (Lipinski definition) is 2. The Kier molecular flexibility index (Phi) is 5.91. The lowest BCUT2D eigenvalue weighted by atomic mass is 9.85. The first-order valence-corrected chi connectivity index (χ1v) is 16.3. The molecule has 2 nitrogen and oxygen atoms in total. The third-order valence-electron chi connectivity index (χ3n) is 9.76. The molecule has 10 aromatic rings. The van der Waals surface area contributed by atoms with Crippen LogP contribution in [-0.2, 0) is 0 Å². The Balaban J connectivity index is 1.19. The van der Waals surface area contributed by atoms with Gasteiger partial charge >= 0.3 is 0 Å². The van der Waals surface area contributed by atoms with E-state index in [2.05, 4.69) is 152 Å². The zero-order valence-electron chi connectivity index (χ0n) is 26.0. The van der Waals surface area contributed by atoms with Gasteiger partial charge in [0.05, 0.1) is 6.26 Å². The minimum Gasteiger partial charge on any atom is -0.464 e. The Morgan fingerprint density at radius 1 is 0.292 bits per heavy atom. The Hall–Kier alpha value is -6.38. The van der Waals surface area contributed by atoms with Crippen LogP contribution in [0.1, 0.15) is 0 Å². The zero-order valence-corrected chi connectivity index (χ0v) is 26.0. The van der Waals surface area contributed by atoms with Gasteiger partial charge in [0.1, 0.15) is 16.7 Å². The third-order valence-corrected chi connectivity index (χ3v) is 9.76. The highest BCUT2D eigenvalue weighted by molar-refractivity contribution is 6.24. The van der Waals surface area contributed by atoms with E-state index in [1.807, 2.05) is 18.4 Å². The first-order chi connectivity index (χ1) is 23.8. The summed E-state index contributed by atoms with van der Waals surface area (Å²) in [7, 11) is 0. The fraction of sp³-hybridized carbons (Fsp3) is 0. The quantitative estimate of drug-likeness (QED) is 0.185. The van der Waals surface area contributed by atoms with Crippen LogP contribution in [0, 0.1) is 0 Å². The maximum Gasteiger partial charge on any atom is 0.135 e. The molecule has 0 radical (unpaired) electrons. The van der Waals surface area contributed by atoms with Gasteiger partial charge in [-0.2, -0.15) is 0 Å². The number of fused-ring (bicyclic) bond motifs is 6. The van der Waals surface area contributed by atoms with Gasteiger partial charge in [0.15, 0.2) is 0 Å². The molecule has 0 unspecified atom stereocenters. The highest BCUT2D eigenvalue weighted by atomic mass is 16.3. The van der Waals surface area contributed by atoms with Crippen molar-refractivity contribution < 1.29 is 8.83 Å². The van der Waals surface area contributed by atoms with Crippen LogP contribution in [0.3, 0.4) is 0 Å². The van der Waals surface area contributed by atoms with E-state index in [0.717, 1.165) is 44.0 Å². The number of para-hydroxylation sites is 1. The van der Waals surface area contributed by atoms with Crippen LogP contribution < -0.4 is 0 Å².